The third kappa shape index (κ3) is 7.41. The third-order valence-electron chi connectivity index (χ3n) is 7.09. The summed E-state index contributed by atoms with van der Waals surface area (Å²) in [6, 6.07) is 57.7. The fraction of sp³-hybridized carbons (Fsp3) is 0. The van der Waals surface area contributed by atoms with E-state index in [1.165, 1.54) is 41.1 Å². The van der Waals surface area contributed by atoms with Crippen LogP contribution < -0.4 is 9.31 Å². The molecule has 0 aliphatic rings. The molecule has 0 aliphatic heterocycles. The van der Waals surface area contributed by atoms with Crippen LogP contribution in [0.3, 0.4) is 0 Å². The molecule has 205 valence electrons. The van der Waals surface area contributed by atoms with Gasteiger partial charge in [-0.2, -0.15) is 0 Å². The molecule has 2 nitrogen and oxygen atoms in total. The van der Waals surface area contributed by atoms with Gasteiger partial charge in [-0.1, -0.05) is 146 Å². The van der Waals surface area contributed by atoms with Gasteiger partial charge in [-0.25, -0.2) is 0 Å². The van der Waals surface area contributed by atoms with E-state index < -0.39 is 0 Å². The van der Waals surface area contributed by atoms with Gasteiger partial charge in [0.05, 0.1) is 0 Å². The molecule has 0 spiro atoms. The van der Waals surface area contributed by atoms with Crippen molar-refractivity contribution in [1.29, 1.82) is 0 Å². The van der Waals surface area contributed by atoms with Gasteiger partial charge in [0.25, 0.3) is 0 Å². The smallest absolute Gasteiger partial charge is 0.526 e. The molecule has 0 fully saturated rings. The Morgan fingerprint density at radius 1 is 0.349 bits per heavy atom. The highest BCUT2D eigenvalue weighted by atomic mass is 16.6. The zero-order valence-corrected chi connectivity index (χ0v) is 23.7. The second kappa shape index (κ2) is 13.9. The molecule has 0 aromatic heterocycles. The fourth-order valence-electron chi connectivity index (χ4n) is 4.89. The second-order valence-electron chi connectivity index (χ2n) is 10.1. The van der Waals surface area contributed by atoms with Gasteiger partial charge < -0.3 is 9.31 Å². The summed E-state index contributed by atoms with van der Waals surface area (Å²) in [5.41, 5.74) is 9.21. The van der Waals surface area contributed by atoms with E-state index in [-0.39, 0.29) is 0 Å². The zero-order valence-electron chi connectivity index (χ0n) is 23.7. The molecule has 3 heteroatoms. The third-order valence-corrected chi connectivity index (χ3v) is 7.09. The van der Waals surface area contributed by atoms with Gasteiger partial charge in [0.15, 0.2) is 0 Å². The van der Waals surface area contributed by atoms with E-state index in [9.17, 15) is 0 Å². The van der Waals surface area contributed by atoms with Crippen molar-refractivity contribution in [3.8, 4) is 11.5 Å². The molecule has 0 atom stereocenters. The summed E-state index contributed by atoms with van der Waals surface area (Å²) < 4.78 is 11.5. The number of hydrogen-bond acceptors (Lipinski definition) is 2. The van der Waals surface area contributed by atoms with Crippen LogP contribution in [0.25, 0.3) is 23.3 Å². The molecule has 0 unspecified atom stereocenters. The Kier molecular flexibility index (Phi) is 8.92. The van der Waals surface area contributed by atoms with Crippen molar-refractivity contribution in [2.45, 2.75) is 0 Å². The SMILES string of the molecule is [B](Oc1ccc(C=C(c2ccccc2)c2ccccc2)cc1)Oc1ccc(C=C(c2ccccc2)c2ccccc2)cc1. The minimum absolute atomic E-state index is 0.702. The van der Waals surface area contributed by atoms with Crippen LogP contribution in [0, 0.1) is 0 Å². The molecule has 6 aromatic carbocycles. The number of hydrogen-bond donors (Lipinski definition) is 0. The number of benzene rings is 6. The van der Waals surface area contributed by atoms with E-state index in [1.54, 1.807) is 0 Å². The molecule has 0 saturated heterocycles. The Bertz CT molecular complexity index is 1560. The summed E-state index contributed by atoms with van der Waals surface area (Å²) in [7, 11) is 1.37. The van der Waals surface area contributed by atoms with Crippen LogP contribution >= 0.6 is 0 Å². The Balaban J connectivity index is 1.10. The lowest BCUT2D eigenvalue weighted by Gasteiger charge is -2.10. The summed E-state index contributed by atoms with van der Waals surface area (Å²) in [6.07, 6.45) is 4.40. The molecule has 6 aromatic rings. The van der Waals surface area contributed by atoms with Crippen molar-refractivity contribution in [1.82, 2.24) is 0 Å². The first-order valence-electron chi connectivity index (χ1n) is 14.3. The van der Waals surface area contributed by atoms with Crippen LogP contribution in [-0.4, -0.2) is 7.69 Å². The van der Waals surface area contributed by atoms with Crippen LogP contribution in [0.15, 0.2) is 170 Å². The van der Waals surface area contributed by atoms with E-state index in [0.717, 1.165) is 11.1 Å². The van der Waals surface area contributed by atoms with Gasteiger partial charge in [-0.05, 0) is 80.9 Å². The van der Waals surface area contributed by atoms with Crippen LogP contribution in [-0.2, 0) is 0 Å². The maximum Gasteiger partial charge on any atom is 0.658 e. The predicted molar refractivity (Wildman–Crippen MR) is 180 cm³/mol. The minimum Gasteiger partial charge on any atom is -0.526 e. The molecule has 0 amide bonds. The Hall–Kier alpha value is -5.54. The van der Waals surface area contributed by atoms with Crippen molar-refractivity contribution >= 4 is 31.0 Å². The molecular formula is C40H30BO2. The Morgan fingerprint density at radius 2 is 0.628 bits per heavy atom. The van der Waals surface area contributed by atoms with E-state index in [1.807, 2.05) is 72.8 Å². The molecule has 0 saturated carbocycles. The highest BCUT2D eigenvalue weighted by Gasteiger charge is 2.07. The van der Waals surface area contributed by atoms with Crippen LogP contribution in [0.4, 0.5) is 0 Å². The van der Waals surface area contributed by atoms with Gasteiger partial charge in [-0.3, -0.25) is 0 Å². The lowest BCUT2D eigenvalue weighted by Crippen LogP contribution is -2.10. The van der Waals surface area contributed by atoms with E-state index in [0.29, 0.717) is 11.5 Å². The normalized spacial score (nSPS) is 10.3. The van der Waals surface area contributed by atoms with Gasteiger partial charge >= 0.3 is 7.69 Å². The standard InChI is InChI=1S/C40H30BO2/c1-5-13-33(14-6-1)39(34-15-7-2-8-16-34)29-31-21-25-37(26-22-31)42-41-43-38-27-23-32(24-28-38)30-40(35-17-9-3-10-18-35)36-19-11-4-12-20-36/h1-30H. The van der Waals surface area contributed by atoms with Crippen molar-refractivity contribution in [3.05, 3.63) is 203 Å². The predicted octanol–water partition coefficient (Wildman–Crippen LogP) is 9.86. The van der Waals surface area contributed by atoms with Crippen molar-refractivity contribution in [3.63, 3.8) is 0 Å². The van der Waals surface area contributed by atoms with Crippen LogP contribution in [0.2, 0.25) is 0 Å². The highest BCUT2D eigenvalue weighted by Crippen LogP contribution is 2.28. The summed E-state index contributed by atoms with van der Waals surface area (Å²) in [4.78, 5) is 0. The van der Waals surface area contributed by atoms with Crippen LogP contribution in [0.5, 0.6) is 11.5 Å². The summed E-state index contributed by atoms with van der Waals surface area (Å²) in [5.74, 6) is 1.40. The van der Waals surface area contributed by atoms with E-state index >= 15 is 0 Å². The highest BCUT2D eigenvalue weighted by molar-refractivity contribution is 6.20. The average molecular weight is 553 g/mol. The fourth-order valence-corrected chi connectivity index (χ4v) is 4.89. The van der Waals surface area contributed by atoms with Gasteiger partial charge in [0.2, 0.25) is 0 Å². The van der Waals surface area contributed by atoms with E-state index in [4.69, 9.17) is 9.31 Å². The number of rotatable bonds is 10. The summed E-state index contributed by atoms with van der Waals surface area (Å²) in [6.45, 7) is 0. The van der Waals surface area contributed by atoms with Crippen molar-refractivity contribution in [2.24, 2.45) is 0 Å². The molecule has 0 aliphatic carbocycles. The topological polar surface area (TPSA) is 18.5 Å². The first kappa shape index (κ1) is 27.6. The second-order valence-corrected chi connectivity index (χ2v) is 10.1. The lowest BCUT2D eigenvalue weighted by molar-refractivity contribution is 0.459. The average Bonchev–Trinajstić information content (AvgIpc) is 3.09. The monoisotopic (exact) mass is 553 g/mol. The van der Waals surface area contributed by atoms with Crippen molar-refractivity contribution in [2.75, 3.05) is 0 Å². The summed E-state index contributed by atoms with van der Waals surface area (Å²) in [5, 5.41) is 0. The molecule has 0 heterocycles. The molecule has 6 rings (SSSR count). The minimum atomic E-state index is 0.702. The Labute approximate surface area is 254 Å². The molecule has 0 N–H and O–H groups in total. The van der Waals surface area contributed by atoms with E-state index in [2.05, 4.69) is 109 Å². The van der Waals surface area contributed by atoms with Crippen molar-refractivity contribution < 1.29 is 9.31 Å². The molecule has 0 bridgehead atoms. The lowest BCUT2D eigenvalue weighted by atomic mass is 9.96. The van der Waals surface area contributed by atoms with Gasteiger partial charge in [-0.15, -0.1) is 0 Å². The zero-order chi connectivity index (χ0) is 29.1. The van der Waals surface area contributed by atoms with Gasteiger partial charge in [0, 0.05) is 0 Å². The van der Waals surface area contributed by atoms with Gasteiger partial charge in [0.1, 0.15) is 11.5 Å². The maximum absolute atomic E-state index is 5.77. The maximum atomic E-state index is 5.77. The quantitative estimate of drug-likeness (QED) is 0.124. The summed E-state index contributed by atoms with van der Waals surface area (Å²) >= 11 is 0. The largest absolute Gasteiger partial charge is 0.658 e. The first-order chi connectivity index (χ1) is 21.3. The van der Waals surface area contributed by atoms with Crippen LogP contribution in [0.1, 0.15) is 33.4 Å². The molecular weight excluding hydrogens is 523 g/mol. The first-order valence-corrected chi connectivity index (χ1v) is 14.3. The molecule has 43 heavy (non-hydrogen) atoms. The Morgan fingerprint density at radius 3 is 0.907 bits per heavy atom. The molecule has 1 radical (unpaired) electrons.